The first-order chi connectivity index (χ1) is 9.46. The van der Waals surface area contributed by atoms with Crippen LogP contribution < -0.4 is 59.1 Å². The Morgan fingerprint density at radius 2 is 0.917 bits per heavy atom. The summed E-state index contributed by atoms with van der Waals surface area (Å²) in [7, 11) is -12.1. The minimum Gasteiger partial charge on any atom is -0.743 e. The third kappa shape index (κ3) is 9.31. The molecule has 0 aliphatic rings. The van der Waals surface area contributed by atoms with Crippen molar-refractivity contribution in [3.05, 3.63) is 0 Å². The number of aliphatic hydroxyl groups is 2. The van der Waals surface area contributed by atoms with Crippen molar-refractivity contribution in [2.24, 2.45) is 0 Å². The minimum atomic E-state index is -6.03. The second-order valence-electron chi connectivity index (χ2n) is 3.33. The van der Waals surface area contributed by atoms with Crippen molar-refractivity contribution in [2.75, 3.05) is 13.2 Å². The first-order valence-electron chi connectivity index (χ1n) is 4.63. The molecule has 0 aromatic rings. The van der Waals surface area contributed by atoms with Crippen molar-refractivity contribution in [2.45, 2.75) is 22.9 Å². The molecule has 0 saturated carbocycles. The largest absolute Gasteiger partial charge is 1.00 e. The van der Waals surface area contributed by atoms with Gasteiger partial charge >= 0.3 is 69.6 Å². The molecule has 0 fully saturated rings. The van der Waals surface area contributed by atoms with Crippen LogP contribution in [-0.4, -0.2) is 72.2 Å². The smallest absolute Gasteiger partial charge is 0.743 e. The molecule has 0 aromatic heterocycles. The van der Waals surface area contributed by atoms with E-state index in [2.05, 4.69) is 0 Å². The summed E-state index contributed by atoms with van der Waals surface area (Å²) in [5, 5.41) is 5.44. The second kappa shape index (κ2) is 11.9. The van der Waals surface area contributed by atoms with Gasteiger partial charge in [0, 0.05) is 0 Å². The van der Waals surface area contributed by atoms with Gasteiger partial charge in [0.05, 0.1) is 13.2 Å². The standard InChI is InChI=1S/2C3H5F3O4S.2Na/c2*4-2(1-7)3(5,6)11(8,9)10;;/h2*2,7H,1H2,(H,8,9,10);;/q;;2*+1/p-2. The third-order valence-corrected chi connectivity index (χ3v) is 3.56. The zero-order chi connectivity index (χ0) is 18.6. The number of halogens is 6. The van der Waals surface area contributed by atoms with Crippen molar-refractivity contribution < 1.29 is 122 Å². The fraction of sp³-hybridized carbons (Fsp3) is 1.00. The molecule has 0 aliphatic heterocycles. The summed E-state index contributed by atoms with van der Waals surface area (Å²) in [6.07, 6.45) is -6.74. The first-order valence-corrected chi connectivity index (χ1v) is 7.44. The summed E-state index contributed by atoms with van der Waals surface area (Å²) in [6, 6.07) is 0. The van der Waals surface area contributed by atoms with E-state index in [1.165, 1.54) is 0 Å². The maximum Gasteiger partial charge on any atom is 1.00 e. The Labute approximate surface area is 176 Å². The van der Waals surface area contributed by atoms with Crippen LogP contribution in [0.5, 0.6) is 0 Å². The summed E-state index contributed by atoms with van der Waals surface area (Å²) in [4.78, 5) is 0. The van der Waals surface area contributed by atoms with Crippen LogP contribution in [0.4, 0.5) is 26.3 Å². The number of hydrogen-bond donors (Lipinski definition) is 2. The minimum absolute atomic E-state index is 0. The summed E-state index contributed by atoms with van der Waals surface area (Å²) < 4.78 is 129. The zero-order valence-corrected chi connectivity index (χ0v) is 17.6. The molecule has 18 heteroatoms. The molecule has 0 aliphatic carbocycles. The summed E-state index contributed by atoms with van der Waals surface area (Å²) in [6.45, 7) is -3.43. The van der Waals surface area contributed by atoms with E-state index in [4.69, 9.17) is 10.2 Å². The van der Waals surface area contributed by atoms with Crippen molar-refractivity contribution in [1.29, 1.82) is 0 Å². The van der Waals surface area contributed by atoms with Gasteiger partial charge in [-0.15, -0.1) is 0 Å². The van der Waals surface area contributed by atoms with Gasteiger partial charge in [-0.25, -0.2) is 25.6 Å². The second-order valence-corrected chi connectivity index (χ2v) is 6.24. The Hall–Kier alpha value is 1.32. The summed E-state index contributed by atoms with van der Waals surface area (Å²) in [5.41, 5.74) is 0. The third-order valence-electron chi connectivity index (χ3n) is 1.72. The van der Waals surface area contributed by atoms with Crippen molar-refractivity contribution >= 4 is 20.2 Å². The van der Waals surface area contributed by atoms with Gasteiger partial charge in [0.15, 0.2) is 32.6 Å². The molecule has 0 heterocycles. The van der Waals surface area contributed by atoms with Crippen LogP contribution >= 0.6 is 0 Å². The van der Waals surface area contributed by atoms with Crippen molar-refractivity contribution in [3.8, 4) is 0 Å². The number of rotatable bonds is 6. The fourth-order valence-corrected chi connectivity index (χ4v) is 1.30. The van der Waals surface area contributed by atoms with Gasteiger partial charge in [-0.1, -0.05) is 0 Å². The first kappa shape index (κ1) is 32.9. The van der Waals surface area contributed by atoms with E-state index >= 15 is 0 Å². The predicted octanol–water partition coefficient (Wildman–Crippen LogP) is -7.08. The van der Waals surface area contributed by atoms with Crippen LogP contribution in [0.2, 0.25) is 0 Å². The van der Waals surface area contributed by atoms with E-state index in [0.29, 0.717) is 0 Å². The number of hydrogen-bond acceptors (Lipinski definition) is 8. The monoisotopic (exact) mass is 432 g/mol. The van der Waals surface area contributed by atoms with Crippen molar-refractivity contribution in [1.82, 2.24) is 0 Å². The molecule has 24 heavy (non-hydrogen) atoms. The SMILES string of the molecule is O=S(=O)([O-])C(F)(F)C(F)CO.O=S(=O)([O-])C(F)(F)C(F)CO.[Na+].[Na+]. The summed E-state index contributed by atoms with van der Waals surface area (Å²) >= 11 is 0. The van der Waals surface area contributed by atoms with Crippen molar-refractivity contribution in [3.63, 3.8) is 0 Å². The number of aliphatic hydroxyl groups excluding tert-OH is 2. The average Bonchev–Trinajstić information content (AvgIpc) is 2.34. The van der Waals surface area contributed by atoms with Crippen LogP contribution in [0, 0.1) is 0 Å². The van der Waals surface area contributed by atoms with E-state index in [1.807, 2.05) is 0 Å². The maximum absolute atomic E-state index is 11.9. The van der Waals surface area contributed by atoms with Gasteiger partial charge in [-0.3, -0.25) is 0 Å². The molecule has 8 nitrogen and oxygen atoms in total. The van der Waals surface area contributed by atoms with Crippen LogP contribution in [0.3, 0.4) is 0 Å². The van der Waals surface area contributed by atoms with E-state index in [9.17, 15) is 52.3 Å². The Balaban J connectivity index is -0.000000154. The van der Waals surface area contributed by atoms with Gasteiger partial charge in [0.25, 0.3) is 0 Å². The fourth-order valence-electron chi connectivity index (χ4n) is 0.526. The van der Waals surface area contributed by atoms with Crippen LogP contribution in [0.15, 0.2) is 0 Å². The Morgan fingerprint density at radius 3 is 0.958 bits per heavy atom. The maximum atomic E-state index is 11.9. The topological polar surface area (TPSA) is 155 Å². The van der Waals surface area contributed by atoms with E-state index in [1.54, 1.807) is 0 Å². The molecule has 2 unspecified atom stereocenters. The number of alkyl halides is 6. The Morgan fingerprint density at radius 1 is 0.750 bits per heavy atom. The summed E-state index contributed by atoms with van der Waals surface area (Å²) in [5.74, 6) is 0. The molecule has 0 rings (SSSR count). The molecule has 2 atom stereocenters. The van der Waals surface area contributed by atoms with E-state index in [0.717, 1.165) is 0 Å². The Bertz CT molecular complexity index is 505. The zero-order valence-electron chi connectivity index (χ0n) is 12.0. The molecular weight excluding hydrogens is 424 g/mol. The molecule has 0 amide bonds. The quantitative estimate of drug-likeness (QED) is 0.238. The van der Waals surface area contributed by atoms with E-state index in [-0.39, 0.29) is 59.1 Å². The van der Waals surface area contributed by atoms with Crippen LogP contribution in [0.1, 0.15) is 0 Å². The van der Waals surface area contributed by atoms with Gasteiger partial charge in [-0.2, -0.15) is 17.6 Å². The molecule has 0 spiro atoms. The van der Waals surface area contributed by atoms with Gasteiger partial charge < -0.3 is 19.3 Å². The molecule has 136 valence electrons. The molecule has 0 radical (unpaired) electrons. The van der Waals surface area contributed by atoms with Gasteiger partial charge in [-0.05, 0) is 0 Å². The van der Waals surface area contributed by atoms with Crippen LogP contribution in [-0.2, 0) is 20.2 Å². The van der Waals surface area contributed by atoms with Crippen LogP contribution in [0.25, 0.3) is 0 Å². The van der Waals surface area contributed by atoms with Gasteiger partial charge in [0.2, 0.25) is 0 Å². The predicted molar refractivity (Wildman–Crippen MR) is 53.3 cm³/mol. The molecule has 2 N–H and O–H groups in total. The van der Waals surface area contributed by atoms with E-state index < -0.39 is 56.3 Å². The molecule has 0 saturated heterocycles. The Kier molecular flexibility index (Phi) is 16.4. The van der Waals surface area contributed by atoms with Gasteiger partial charge in [0.1, 0.15) is 0 Å². The molecule has 0 aromatic carbocycles. The normalized spacial score (nSPS) is 15.1. The molecular formula is C6H8F6Na2O8S2. The average molecular weight is 432 g/mol. The molecule has 0 bridgehead atoms.